The fourth-order valence-corrected chi connectivity index (χ4v) is 5.46. The van der Waals surface area contributed by atoms with Crippen LogP contribution in [0.25, 0.3) is 6.08 Å². The number of hydrogen-bond acceptors (Lipinski definition) is 8. The molecule has 0 amide bonds. The number of carbonyl (C=O) groups excluding carboxylic acids is 2. The topological polar surface area (TPSA) is 96.2 Å². The van der Waals surface area contributed by atoms with Crippen LogP contribution in [-0.2, 0) is 14.3 Å². The van der Waals surface area contributed by atoms with E-state index in [1.807, 2.05) is 19.1 Å². The predicted molar refractivity (Wildman–Crippen MR) is 143 cm³/mol. The number of carbonyl (C=O) groups is 2. The summed E-state index contributed by atoms with van der Waals surface area (Å²) >= 11 is 4.62. The fraction of sp³-hybridized carbons (Fsp3) is 0.259. The Hall–Kier alpha value is -3.50. The Morgan fingerprint density at radius 1 is 1.14 bits per heavy atom. The average Bonchev–Trinajstić information content (AvgIpc) is 3.15. The molecule has 0 saturated carbocycles. The molecule has 0 spiro atoms. The number of halogens is 1. The van der Waals surface area contributed by atoms with Crippen molar-refractivity contribution < 1.29 is 23.8 Å². The summed E-state index contributed by atoms with van der Waals surface area (Å²) in [5.74, 6) is 0.0161. The molecule has 4 rings (SSSR count). The van der Waals surface area contributed by atoms with Crippen LogP contribution >= 0.6 is 27.3 Å². The molecule has 0 aliphatic carbocycles. The molecule has 0 N–H and O–H groups in total. The van der Waals surface area contributed by atoms with Gasteiger partial charge in [-0.25, -0.2) is 9.79 Å². The van der Waals surface area contributed by atoms with Crippen LogP contribution in [0.15, 0.2) is 68.0 Å². The van der Waals surface area contributed by atoms with E-state index < -0.39 is 18.0 Å². The summed E-state index contributed by atoms with van der Waals surface area (Å²) in [6.07, 6.45) is 1.66. The second-order valence-electron chi connectivity index (χ2n) is 8.08. The van der Waals surface area contributed by atoms with Gasteiger partial charge < -0.3 is 14.2 Å². The SMILES string of the molecule is CCOC(=O)C1=C(C)N=c2s/c(=C\c3cc(Br)ccc3OC(C)=O)c(=O)n2[C@H]1c1ccc(OCC)cc1. The Morgan fingerprint density at radius 3 is 2.51 bits per heavy atom. The Balaban J connectivity index is 1.93. The highest BCUT2D eigenvalue weighted by molar-refractivity contribution is 9.10. The molecule has 1 aliphatic heterocycles. The van der Waals surface area contributed by atoms with Crippen LogP contribution in [0, 0.1) is 0 Å². The first-order valence-electron chi connectivity index (χ1n) is 11.6. The van der Waals surface area contributed by atoms with Crippen LogP contribution in [0.3, 0.4) is 0 Å². The van der Waals surface area contributed by atoms with E-state index in [-0.39, 0.29) is 12.2 Å². The molecule has 0 fully saturated rings. The minimum atomic E-state index is -0.733. The van der Waals surface area contributed by atoms with Gasteiger partial charge in [-0.2, -0.15) is 0 Å². The molecule has 0 radical (unpaired) electrons. The van der Waals surface area contributed by atoms with Crippen molar-refractivity contribution in [3.63, 3.8) is 0 Å². The lowest BCUT2D eigenvalue weighted by Gasteiger charge is -2.24. The molecule has 37 heavy (non-hydrogen) atoms. The van der Waals surface area contributed by atoms with Gasteiger partial charge in [-0.15, -0.1) is 0 Å². The van der Waals surface area contributed by atoms with Gasteiger partial charge in [0.1, 0.15) is 11.5 Å². The quantitative estimate of drug-likeness (QED) is 0.309. The predicted octanol–water partition coefficient (Wildman–Crippen LogP) is 3.88. The summed E-state index contributed by atoms with van der Waals surface area (Å²) in [4.78, 5) is 43.4. The third kappa shape index (κ3) is 5.60. The maximum Gasteiger partial charge on any atom is 0.338 e. The molecule has 2 aromatic carbocycles. The second kappa shape index (κ2) is 11.3. The second-order valence-corrected chi connectivity index (χ2v) is 10.0. The van der Waals surface area contributed by atoms with Crippen LogP contribution in [0.4, 0.5) is 0 Å². The number of esters is 2. The minimum absolute atomic E-state index is 0.192. The van der Waals surface area contributed by atoms with E-state index in [1.165, 1.54) is 22.8 Å². The van der Waals surface area contributed by atoms with Crippen molar-refractivity contribution in [2.45, 2.75) is 33.7 Å². The van der Waals surface area contributed by atoms with E-state index >= 15 is 0 Å². The van der Waals surface area contributed by atoms with Gasteiger partial charge in [0.15, 0.2) is 4.80 Å². The monoisotopic (exact) mass is 584 g/mol. The van der Waals surface area contributed by atoms with Gasteiger partial charge >= 0.3 is 11.9 Å². The molecule has 192 valence electrons. The van der Waals surface area contributed by atoms with Crippen molar-refractivity contribution in [2.24, 2.45) is 4.99 Å². The molecule has 0 unspecified atom stereocenters. The van der Waals surface area contributed by atoms with E-state index in [0.29, 0.717) is 44.3 Å². The van der Waals surface area contributed by atoms with Crippen LogP contribution in [0.1, 0.15) is 44.9 Å². The van der Waals surface area contributed by atoms with Crippen LogP contribution in [0.5, 0.6) is 11.5 Å². The highest BCUT2D eigenvalue weighted by Gasteiger charge is 2.33. The summed E-state index contributed by atoms with van der Waals surface area (Å²) in [6.45, 7) is 7.39. The number of allylic oxidation sites excluding steroid dienone is 1. The Labute approximate surface area is 225 Å². The molecule has 1 aliphatic rings. The summed E-state index contributed by atoms with van der Waals surface area (Å²) in [5.41, 5.74) is 1.72. The number of fused-ring (bicyclic) bond motifs is 1. The molecule has 1 atom stereocenters. The summed E-state index contributed by atoms with van der Waals surface area (Å²) in [6, 6.07) is 11.7. The summed E-state index contributed by atoms with van der Waals surface area (Å²) in [5, 5.41) is 0. The van der Waals surface area contributed by atoms with E-state index in [4.69, 9.17) is 14.2 Å². The maximum absolute atomic E-state index is 13.8. The molecule has 1 aromatic heterocycles. The Morgan fingerprint density at radius 2 is 1.86 bits per heavy atom. The first kappa shape index (κ1) is 26.6. The van der Waals surface area contributed by atoms with E-state index in [1.54, 1.807) is 50.3 Å². The van der Waals surface area contributed by atoms with Gasteiger partial charge in [-0.1, -0.05) is 39.4 Å². The normalized spacial score (nSPS) is 15.2. The summed E-state index contributed by atoms with van der Waals surface area (Å²) in [7, 11) is 0. The average molecular weight is 585 g/mol. The molecule has 3 aromatic rings. The van der Waals surface area contributed by atoms with Gasteiger partial charge in [-0.05, 0) is 62.7 Å². The fourth-order valence-electron chi connectivity index (χ4n) is 4.04. The van der Waals surface area contributed by atoms with Crippen molar-refractivity contribution in [2.75, 3.05) is 13.2 Å². The number of rotatable bonds is 7. The molecule has 2 heterocycles. The number of ether oxygens (including phenoxy) is 3. The Bertz CT molecular complexity index is 1570. The zero-order valence-corrected chi connectivity index (χ0v) is 23.1. The molecule has 8 nitrogen and oxygen atoms in total. The lowest BCUT2D eigenvalue weighted by atomic mass is 9.96. The van der Waals surface area contributed by atoms with Crippen LogP contribution in [-0.4, -0.2) is 29.7 Å². The Kier molecular flexibility index (Phi) is 8.09. The standard InChI is InChI=1S/C27H25BrN2O6S/c1-5-34-20-10-7-17(8-11-20)24-23(26(33)35-6-2)15(3)29-27-30(24)25(32)22(37-27)14-18-13-19(28)9-12-21(18)36-16(4)31/h7-14,24H,5-6H2,1-4H3/b22-14-/t24-/m0/s1. The smallest absolute Gasteiger partial charge is 0.338 e. The van der Waals surface area contributed by atoms with Crippen molar-refractivity contribution in [1.82, 2.24) is 4.57 Å². The lowest BCUT2D eigenvalue weighted by molar-refractivity contribution is -0.139. The highest BCUT2D eigenvalue weighted by atomic mass is 79.9. The number of hydrogen-bond donors (Lipinski definition) is 0. The van der Waals surface area contributed by atoms with Gasteiger partial charge in [0.05, 0.1) is 35.1 Å². The van der Waals surface area contributed by atoms with Gasteiger partial charge in [-0.3, -0.25) is 14.2 Å². The third-order valence-corrected chi connectivity index (χ3v) is 7.01. The van der Waals surface area contributed by atoms with Crippen LogP contribution in [0.2, 0.25) is 0 Å². The van der Waals surface area contributed by atoms with Gasteiger partial charge in [0.2, 0.25) is 0 Å². The number of benzene rings is 2. The van der Waals surface area contributed by atoms with E-state index in [9.17, 15) is 14.4 Å². The first-order valence-corrected chi connectivity index (χ1v) is 13.2. The number of thiazole rings is 1. The minimum Gasteiger partial charge on any atom is -0.494 e. The number of aromatic nitrogens is 1. The third-order valence-electron chi connectivity index (χ3n) is 5.54. The number of nitrogens with zero attached hydrogens (tertiary/aromatic N) is 2. The largest absolute Gasteiger partial charge is 0.494 e. The van der Waals surface area contributed by atoms with Crippen molar-refractivity contribution >= 4 is 45.3 Å². The maximum atomic E-state index is 13.8. The zero-order valence-electron chi connectivity index (χ0n) is 20.7. The molecular formula is C27H25BrN2O6S. The van der Waals surface area contributed by atoms with Crippen molar-refractivity contribution in [1.29, 1.82) is 0 Å². The van der Waals surface area contributed by atoms with Gasteiger partial charge in [0.25, 0.3) is 5.56 Å². The molecule has 10 heteroatoms. The molecule has 0 saturated heterocycles. The van der Waals surface area contributed by atoms with Crippen LogP contribution < -0.4 is 24.4 Å². The van der Waals surface area contributed by atoms with E-state index in [2.05, 4.69) is 20.9 Å². The molecule has 0 bridgehead atoms. The zero-order chi connectivity index (χ0) is 26.7. The summed E-state index contributed by atoms with van der Waals surface area (Å²) < 4.78 is 18.9. The molecular weight excluding hydrogens is 560 g/mol. The highest BCUT2D eigenvalue weighted by Crippen LogP contribution is 2.32. The van der Waals surface area contributed by atoms with Crippen molar-refractivity contribution in [3.8, 4) is 11.5 Å². The van der Waals surface area contributed by atoms with E-state index in [0.717, 1.165) is 10.0 Å². The lowest BCUT2D eigenvalue weighted by Crippen LogP contribution is -2.39. The van der Waals surface area contributed by atoms with Crippen molar-refractivity contribution in [3.05, 3.63) is 89.0 Å². The first-order chi connectivity index (χ1) is 17.7. The van der Waals surface area contributed by atoms with Gasteiger partial charge in [0, 0.05) is 17.0 Å².